The topological polar surface area (TPSA) is 99.3 Å². The number of carbonyl (C=O) groups is 1. The monoisotopic (exact) mass is 442 g/mol. The number of rotatable bonds is 5. The Bertz CT molecular complexity index is 1590. The zero-order valence-corrected chi connectivity index (χ0v) is 17.6. The first-order chi connectivity index (χ1) is 15.4. The number of sulfonamides is 1. The van der Waals surface area contributed by atoms with E-state index in [1.807, 2.05) is 36.4 Å². The fourth-order valence-electron chi connectivity index (χ4n) is 3.82. The Hall–Kier alpha value is -4.10. The van der Waals surface area contributed by atoms with Crippen molar-refractivity contribution in [3.8, 4) is 11.3 Å². The molecule has 3 N–H and O–H groups in total. The van der Waals surface area contributed by atoms with Crippen molar-refractivity contribution in [1.29, 1.82) is 0 Å². The van der Waals surface area contributed by atoms with Crippen LogP contribution in [0.5, 0.6) is 0 Å². The van der Waals surface area contributed by atoms with Gasteiger partial charge in [-0.15, -0.1) is 0 Å². The maximum Gasteiger partial charge on any atom is 0.336 e. The Morgan fingerprint density at radius 2 is 1.53 bits per heavy atom. The number of aromatic nitrogens is 1. The van der Waals surface area contributed by atoms with Crippen LogP contribution < -0.4 is 4.72 Å². The van der Waals surface area contributed by atoms with E-state index in [1.54, 1.807) is 42.5 Å². The van der Waals surface area contributed by atoms with E-state index >= 15 is 0 Å². The van der Waals surface area contributed by atoms with Crippen molar-refractivity contribution in [3.05, 3.63) is 96.6 Å². The lowest BCUT2D eigenvalue weighted by atomic mass is 10.0. The molecule has 6 nitrogen and oxygen atoms in total. The Morgan fingerprint density at radius 3 is 2.28 bits per heavy atom. The standard InChI is InChI=1S/C25H18N2O4S/c28-25(29)21-12-13-22(20-9-5-4-8-19(20)21)27-32(30,31)18-11-10-17-14-23(26-24(17)15-18)16-6-2-1-3-7-16/h1-15,26-27H,(H,28,29). The average molecular weight is 442 g/mol. The second-order valence-electron chi connectivity index (χ2n) is 7.42. The first-order valence-corrected chi connectivity index (χ1v) is 11.4. The quantitative estimate of drug-likeness (QED) is 0.335. The Kier molecular flexibility index (Phi) is 4.68. The highest BCUT2D eigenvalue weighted by atomic mass is 32.2. The molecule has 0 radical (unpaired) electrons. The van der Waals surface area contributed by atoms with Gasteiger partial charge >= 0.3 is 5.97 Å². The summed E-state index contributed by atoms with van der Waals surface area (Å²) in [7, 11) is -3.90. The molecule has 1 heterocycles. The largest absolute Gasteiger partial charge is 0.478 e. The summed E-state index contributed by atoms with van der Waals surface area (Å²) in [6, 6.07) is 26.4. The predicted octanol–water partition coefficient (Wildman–Crippen LogP) is 5.49. The highest BCUT2D eigenvalue weighted by Gasteiger charge is 2.18. The van der Waals surface area contributed by atoms with Crippen LogP contribution in [0.15, 0.2) is 95.9 Å². The molecule has 5 rings (SSSR count). The molecule has 0 spiro atoms. The van der Waals surface area contributed by atoms with Gasteiger partial charge in [0, 0.05) is 22.0 Å². The highest BCUT2D eigenvalue weighted by molar-refractivity contribution is 7.92. The van der Waals surface area contributed by atoms with Crippen molar-refractivity contribution in [2.75, 3.05) is 4.72 Å². The third-order valence-electron chi connectivity index (χ3n) is 5.39. The van der Waals surface area contributed by atoms with E-state index in [2.05, 4.69) is 9.71 Å². The molecule has 0 fully saturated rings. The van der Waals surface area contributed by atoms with E-state index in [0.717, 1.165) is 16.6 Å². The fraction of sp³-hybridized carbons (Fsp3) is 0. The molecule has 7 heteroatoms. The summed E-state index contributed by atoms with van der Waals surface area (Å²) in [5, 5.41) is 11.3. The van der Waals surface area contributed by atoms with Gasteiger partial charge in [-0.05, 0) is 41.3 Å². The molecule has 0 saturated carbocycles. The molecule has 0 aliphatic heterocycles. The first kappa shape index (κ1) is 19.8. The summed E-state index contributed by atoms with van der Waals surface area (Å²) < 4.78 is 28.9. The normalized spacial score (nSPS) is 11.6. The molecule has 0 aliphatic rings. The zero-order chi connectivity index (χ0) is 22.3. The van der Waals surface area contributed by atoms with Crippen molar-refractivity contribution in [1.82, 2.24) is 4.98 Å². The molecular formula is C25H18N2O4S. The molecule has 158 valence electrons. The summed E-state index contributed by atoms with van der Waals surface area (Å²) >= 11 is 0. The van der Waals surface area contributed by atoms with Gasteiger partial charge in [0.1, 0.15) is 0 Å². The van der Waals surface area contributed by atoms with Gasteiger partial charge in [-0.3, -0.25) is 4.72 Å². The number of carboxylic acids is 1. The lowest BCUT2D eigenvalue weighted by molar-refractivity contribution is 0.0699. The summed E-state index contributed by atoms with van der Waals surface area (Å²) in [4.78, 5) is 14.9. The van der Waals surface area contributed by atoms with Crippen LogP contribution in [0, 0.1) is 0 Å². The minimum absolute atomic E-state index is 0.109. The third-order valence-corrected chi connectivity index (χ3v) is 6.75. The number of nitrogens with one attached hydrogen (secondary N) is 2. The summed E-state index contributed by atoms with van der Waals surface area (Å²) in [6.07, 6.45) is 0. The Balaban J connectivity index is 1.54. The van der Waals surface area contributed by atoms with E-state index in [0.29, 0.717) is 22.0 Å². The Morgan fingerprint density at radius 1 is 0.812 bits per heavy atom. The molecule has 0 atom stereocenters. The minimum atomic E-state index is -3.90. The number of hydrogen-bond acceptors (Lipinski definition) is 3. The molecule has 0 unspecified atom stereocenters. The van der Waals surface area contributed by atoms with Gasteiger partial charge in [-0.2, -0.15) is 0 Å². The van der Waals surface area contributed by atoms with Crippen LogP contribution in [0.1, 0.15) is 10.4 Å². The highest BCUT2D eigenvalue weighted by Crippen LogP contribution is 2.30. The van der Waals surface area contributed by atoms with E-state index in [9.17, 15) is 18.3 Å². The number of aromatic amines is 1. The number of carboxylic acid groups (broad SMARTS) is 1. The maximum atomic E-state index is 13.1. The van der Waals surface area contributed by atoms with Crippen LogP contribution in [-0.4, -0.2) is 24.5 Å². The lowest BCUT2D eigenvalue weighted by Crippen LogP contribution is -2.13. The molecule has 4 aromatic carbocycles. The summed E-state index contributed by atoms with van der Waals surface area (Å²) in [6.45, 7) is 0. The van der Waals surface area contributed by atoms with Gasteiger partial charge in [-0.25, -0.2) is 13.2 Å². The summed E-state index contributed by atoms with van der Waals surface area (Å²) in [5.41, 5.74) is 3.05. The molecule has 0 aliphatic carbocycles. The number of H-pyrrole nitrogens is 1. The molecule has 32 heavy (non-hydrogen) atoms. The molecule has 0 amide bonds. The number of hydrogen-bond donors (Lipinski definition) is 3. The fourth-order valence-corrected chi connectivity index (χ4v) is 4.93. The SMILES string of the molecule is O=C(O)c1ccc(NS(=O)(=O)c2ccc3cc(-c4ccccc4)[nH]c3c2)c2ccccc12. The predicted molar refractivity (Wildman–Crippen MR) is 125 cm³/mol. The van der Waals surface area contributed by atoms with E-state index in [4.69, 9.17) is 0 Å². The van der Waals surface area contributed by atoms with E-state index in [1.165, 1.54) is 12.1 Å². The first-order valence-electron chi connectivity index (χ1n) is 9.88. The van der Waals surface area contributed by atoms with Gasteiger partial charge in [0.2, 0.25) is 0 Å². The second kappa shape index (κ2) is 7.55. The number of fused-ring (bicyclic) bond motifs is 2. The molecule has 0 saturated heterocycles. The smallest absolute Gasteiger partial charge is 0.336 e. The van der Waals surface area contributed by atoms with E-state index in [-0.39, 0.29) is 10.5 Å². The molecular weight excluding hydrogens is 424 g/mol. The van der Waals surface area contributed by atoms with Crippen molar-refractivity contribution in [3.63, 3.8) is 0 Å². The number of aromatic carboxylic acids is 1. The van der Waals surface area contributed by atoms with E-state index < -0.39 is 16.0 Å². The average Bonchev–Trinajstić information content (AvgIpc) is 3.23. The van der Waals surface area contributed by atoms with Crippen LogP contribution in [0.3, 0.4) is 0 Å². The van der Waals surface area contributed by atoms with Crippen LogP contribution in [0.4, 0.5) is 5.69 Å². The lowest BCUT2D eigenvalue weighted by Gasteiger charge is -2.12. The zero-order valence-electron chi connectivity index (χ0n) is 16.7. The third kappa shape index (κ3) is 3.48. The van der Waals surface area contributed by atoms with Gasteiger partial charge in [0.25, 0.3) is 10.0 Å². The minimum Gasteiger partial charge on any atom is -0.478 e. The van der Waals surface area contributed by atoms with Gasteiger partial charge in [-0.1, -0.05) is 60.7 Å². The number of benzene rings is 4. The van der Waals surface area contributed by atoms with Crippen molar-refractivity contribution >= 4 is 43.4 Å². The molecule has 1 aromatic heterocycles. The Labute approximate surface area is 184 Å². The van der Waals surface area contributed by atoms with Crippen molar-refractivity contribution in [2.24, 2.45) is 0 Å². The number of anilines is 1. The second-order valence-corrected chi connectivity index (χ2v) is 9.10. The van der Waals surface area contributed by atoms with Crippen LogP contribution >= 0.6 is 0 Å². The van der Waals surface area contributed by atoms with Gasteiger partial charge in [0.15, 0.2) is 0 Å². The van der Waals surface area contributed by atoms with Crippen LogP contribution in [0.2, 0.25) is 0 Å². The maximum absolute atomic E-state index is 13.1. The van der Waals surface area contributed by atoms with Crippen LogP contribution in [0.25, 0.3) is 32.9 Å². The summed E-state index contributed by atoms with van der Waals surface area (Å²) in [5.74, 6) is -1.07. The van der Waals surface area contributed by atoms with Crippen molar-refractivity contribution in [2.45, 2.75) is 4.90 Å². The van der Waals surface area contributed by atoms with Crippen LogP contribution in [-0.2, 0) is 10.0 Å². The van der Waals surface area contributed by atoms with Crippen molar-refractivity contribution < 1.29 is 18.3 Å². The van der Waals surface area contributed by atoms with Gasteiger partial charge in [0.05, 0.1) is 16.1 Å². The van der Waals surface area contributed by atoms with Gasteiger partial charge < -0.3 is 10.1 Å². The molecule has 0 bridgehead atoms. The molecule has 5 aromatic rings.